The number of benzene rings is 1. The first-order valence-corrected chi connectivity index (χ1v) is 14.0. The maximum absolute atomic E-state index is 13.8. The van der Waals surface area contributed by atoms with E-state index in [1.165, 1.54) is 23.1 Å². The van der Waals surface area contributed by atoms with Crippen LogP contribution in [0.5, 0.6) is 0 Å². The molecule has 1 fully saturated rings. The summed E-state index contributed by atoms with van der Waals surface area (Å²) in [6.45, 7) is 7.76. The van der Waals surface area contributed by atoms with Gasteiger partial charge in [-0.15, -0.1) is 11.3 Å². The Morgan fingerprint density at radius 2 is 2.14 bits per heavy atom. The molecule has 2 aliphatic rings. The summed E-state index contributed by atoms with van der Waals surface area (Å²) >= 11 is 2.75. The van der Waals surface area contributed by atoms with Crippen molar-refractivity contribution in [2.75, 3.05) is 24.2 Å². The van der Waals surface area contributed by atoms with Crippen LogP contribution in [-0.2, 0) is 33.8 Å². The van der Waals surface area contributed by atoms with Crippen molar-refractivity contribution in [3.05, 3.63) is 50.1 Å². The molecule has 5 rings (SSSR count). The summed E-state index contributed by atoms with van der Waals surface area (Å²) in [5.74, 6) is 0.0299. The van der Waals surface area contributed by atoms with E-state index in [9.17, 15) is 14.4 Å². The number of aromatic nitrogens is 2. The topological polar surface area (TPSA) is 93.5 Å². The number of nitrogens with zero attached hydrogens (tertiary/aromatic N) is 3. The number of hydrogen-bond acceptors (Lipinski definition) is 7. The van der Waals surface area contributed by atoms with E-state index in [1.54, 1.807) is 16.4 Å². The summed E-state index contributed by atoms with van der Waals surface area (Å²) in [5, 5.41) is 4.17. The molecule has 0 bridgehead atoms. The Morgan fingerprint density at radius 3 is 2.89 bits per heavy atom. The number of amides is 2. The van der Waals surface area contributed by atoms with Gasteiger partial charge < -0.3 is 15.0 Å². The standard InChI is InChI=1S/C26H30N4O4S2/c1-15-6-7-16(2)20(11-15)27-22(32)14-35-26-28-24-23(25(33)30(26)12-18-5-4-10-34-18)19-8-9-29(17(3)31)13-21(19)36-24/h6-7,11,18H,4-5,8-10,12-14H2,1-3H3,(H,27,32)/t18-/m0/s1. The highest BCUT2D eigenvalue weighted by atomic mass is 32.2. The van der Waals surface area contributed by atoms with Crippen molar-refractivity contribution in [3.63, 3.8) is 0 Å². The molecule has 8 nitrogen and oxygen atoms in total. The van der Waals surface area contributed by atoms with Gasteiger partial charge in [0.15, 0.2) is 5.16 Å². The number of thioether (sulfide) groups is 1. The Labute approximate surface area is 218 Å². The van der Waals surface area contributed by atoms with Crippen LogP contribution in [0.25, 0.3) is 10.2 Å². The highest BCUT2D eigenvalue weighted by Crippen LogP contribution is 2.34. The summed E-state index contributed by atoms with van der Waals surface area (Å²) in [6.07, 6.45) is 2.49. The van der Waals surface area contributed by atoms with Gasteiger partial charge in [-0.25, -0.2) is 4.98 Å². The quantitative estimate of drug-likeness (QED) is 0.387. The van der Waals surface area contributed by atoms with E-state index < -0.39 is 0 Å². The van der Waals surface area contributed by atoms with Gasteiger partial charge in [-0.05, 0) is 55.9 Å². The number of hydrogen-bond donors (Lipinski definition) is 1. The van der Waals surface area contributed by atoms with E-state index in [0.29, 0.717) is 48.0 Å². The first kappa shape index (κ1) is 25.0. The number of anilines is 1. The van der Waals surface area contributed by atoms with E-state index >= 15 is 0 Å². The third-order valence-corrected chi connectivity index (χ3v) is 8.87. The second kappa shape index (κ2) is 10.4. The molecule has 0 spiro atoms. The summed E-state index contributed by atoms with van der Waals surface area (Å²) < 4.78 is 7.52. The van der Waals surface area contributed by atoms with Gasteiger partial charge >= 0.3 is 0 Å². The lowest BCUT2D eigenvalue weighted by atomic mass is 10.1. The second-order valence-electron chi connectivity index (χ2n) is 9.47. The highest BCUT2D eigenvalue weighted by molar-refractivity contribution is 7.99. The molecule has 0 unspecified atom stereocenters. The van der Waals surface area contributed by atoms with Crippen molar-refractivity contribution in [1.29, 1.82) is 0 Å². The lowest BCUT2D eigenvalue weighted by Gasteiger charge is -2.25. The van der Waals surface area contributed by atoms with Crippen molar-refractivity contribution < 1.29 is 14.3 Å². The number of carbonyl (C=O) groups is 2. The van der Waals surface area contributed by atoms with Gasteiger partial charge in [-0.1, -0.05) is 23.9 Å². The van der Waals surface area contributed by atoms with Crippen LogP contribution in [0.3, 0.4) is 0 Å². The summed E-state index contributed by atoms with van der Waals surface area (Å²) in [5.41, 5.74) is 3.79. The number of fused-ring (bicyclic) bond motifs is 3. The van der Waals surface area contributed by atoms with E-state index in [4.69, 9.17) is 9.72 Å². The maximum atomic E-state index is 13.8. The predicted molar refractivity (Wildman–Crippen MR) is 143 cm³/mol. The summed E-state index contributed by atoms with van der Waals surface area (Å²) in [7, 11) is 0. The molecule has 0 radical (unpaired) electrons. The summed E-state index contributed by atoms with van der Waals surface area (Å²) in [4.78, 5) is 46.9. The smallest absolute Gasteiger partial charge is 0.263 e. The third kappa shape index (κ3) is 5.07. The Bertz CT molecular complexity index is 1390. The van der Waals surface area contributed by atoms with Gasteiger partial charge in [0, 0.05) is 30.6 Å². The number of nitrogens with one attached hydrogen (secondary N) is 1. The lowest BCUT2D eigenvalue weighted by Crippen LogP contribution is -2.34. The lowest BCUT2D eigenvalue weighted by molar-refractivity contribution is -0.129. The SMILES string of the molecule is CC(=O)N1CCc2c(sc3nc(SCC(=O)Nc4cc(C)ccc4C)n(C[C@@H]4CCCO4)c(=O)c23)C1. The molecule has 0 saturated carbocycles. The van der Waals surface area contributed by atoms with Gasteiger partial charge in [0.1, 0.15) is 4.83 Å². The fourth-order valence-corrected chi connectivity index (χ4v) is 6.86. The number of thiophene rings is 1. The van der Waals surface area contributed by atoms with E-state index in [0.717, 1.165) is 40.1 Å². The maximum Gasteiger partial charge on any atom is 0.263 e. The molecule has 10 heteroatoms. The Kier molecular flexibility index (Phi) is 7.18. The average molecular weight is 527 g/mol. The van der Waals surface area contributed by atoms with Gasteiger partial charge in [0.2, 0.25) is 11.8 Å². The zero-order chi connectivity index (χ0) is 25.4. The van der Waals surface area contributed by atoms with Crippen LogP contribution in [0.1, 0.15) is 41.3 Å². The molecule has 2 aliphatic heterocycles. The van der Waals surface area contributed by atoms with Gasteiger partial charge in [0.05, 0.1) is 30.3 Å². The zero-order valence-corrected chi connectivity index (χ0v) is 22.4. The molecule has 1 atom stereocenters. The largest absolute Gasteiger partial charge is 0.376 e. The molecular formula is C26H30N4O4S2. The molecule has 2 aromatic heterocycles. The average Bonchev–Trinajstić information content (AvgIpc) is 3.49. The number of ether oxygens (including phenoxy) is 1. The Hall–Kier alpha value is -2.69. The fourth-order valence-electron chi connectivity index (χ4n) is 4.78. The van der Waals surface area contributed by atoms with Crippen molar-refractivity contribution in [2.24, 2.45) is 0 Å². The number of rotatable bonds is 6. The molecule has 2 amide bonds. The molecular weight excluding hydrogens is 496 g/mol. The Morgan fingerprint density at radius 1 is 1.31 bits per heavy atom. The number of aryl methyl sites for hydroxylation is 2. The zero-order valence-electron chi connectivity index (χ0n) is 20.8. The molecule has 4 heterocycles. The van der Waals surface area contributed by atoms with Crippen LogP contribution in [0.4, 0.5) is 5.69 Å². The minimum Gasteiger partial charge on any atom is -0.376 e. The molecule has 1 aromatic carbocycles. The van der Waals surface area contributed by atoms with E-state index in [2.05, 4.69) is 5.32 Å². The molecule has 36 heavy (non-hydrogen) atoms. The van der Waals surface area contributed by atoms with E-state index in [1.807, 2.05) is 32.0 Å². The fraction of sp³-hybridized carbons (Fsp3) is 0.462. The van der Waals surface area contributed by atoms with Crippen LogP contribution in [0, 0.1) is 13.8 Å². The normalized spacial score (nSPS) is 17.4. The second-order valence-corrected chi connectivity index (χ2v) is 11.5. The molecule has 1 N–H and O–H groups in total. The van der Waals surface area contributed by atoms with Gasteiger partial charge in [-0.2, -0.15) is 0 Å². The Balaban J connectivity index is 1.45. The number of carbonyl (C=O) groups excluding carboxylic acids is 2. The van der Waals surface area contributed by atoms with E-state index in [-0.39, 0.29) is 29.2 Å². The predicted octanol–water partition coefficient (Wildman–Crippen LogP) is 3.89. The van der Waals surface area contributed by atoms with Crippen molar-refractivity contribution in [3.8, 4) is 0 Å². The van der Waals surface area contributed by atoms with Crippen molar-refractivity contribution in [1.82, 2.24) is 14.5 Å². The minimum absolute atomic E-state index is 0.0345. The van der Waals surface area contributed by atoms with Crippen LogP contribution in [0.15, 0.2) is 28.2 Å². The van der Waals surface area contributed by atoms with Crippen molar-refractivity contribution in [2.45, 2.75) is 64.4 Å². The molecule has 0 aliphatic carbocycles. The molecule has 190 valence electrons. The third-order valence-electron chi connectivity index (χ3n) is 6.78. The van der Waals surface area contributed by atoms with Crippen LogP contribution in [-0.4, -0.2) is 51.3 Å². The summed E-state index contributed by atoms with van der Waals surface area (Å²) in [6, 6.07) is 5.95. The van der Waals surface area contributed by atoms with Gasteiger partial charge in [0.25, 0.3) is 5.56 Å². The van der Waals surface area contributed by atoms with Crippen LogP contribution in [0.2, 0.25) is 0 Å². The molecule has 3 aromatic rings. The first-order valence-electron chi connectivity index (χ1n) is 12.2. The molecule has 1 saturated heterocycles. The monoisotopic (exact) mass is 526 g/mol. The highest BCUT2D eigenvalue weighted by Gasteiger charge is 2.27. The van der Waals surface area contributed by atoms with Gasteiger partial charge in [-0.3, -0.25) is 19.0 Å². The van der Waals surface area contributed by atoms with Crippen LogP contribution >= 0.6 is 23.1 Å². The van der Waals surface area contributed by atoms with Crippen LogP contribution < -0.4 is 10.9 Å². The minimum atomic E-state index is -0.144. The van der Waals surface area contributed by atoms with Crippen molar-refractivity contribution >= 4 is 50.8 Å². The first-order chi connectivity index (χ1) is 17.3.